The minimum atomic E-state index is -0.636. The molecule has 4 fully saturated rings. The van der Waals surface area contributed by atoms with E-state index in [9.17, 15) is 19.2 Å². The van der Waals surface area contributed by atoms with Gasteiger partial charge in [-0.25, -0.2) is 4.79 Å². The topological polar surface area (TPSA) is 96.0 Å². The van der Waals surface area contributed by atoms with Crippen LogP contribution in [-0.2, 0) is 28.6 Å². The van der Waals surface area contributed by atoms with Crippen LogP contribution in [0.1, 0.15) is 85.5 Å². The molecule has 7 nitrogen and oxygen atoms in total. The number of ketones is 2. The van der Waals surface area contributed by atoms with Gasteiger partial charge in [0.05, 0.1) is 13.7 Å². The molecule has 0 radical (unpaired) electrons. The summed E-state index contributed by atoms with van der Waals surface area (Å²) >= 11 is 0. The highest BCUT2D eigenvalue weighted by molar-refractivity contribution is 5.92. The molecule has 196 valence electrons. The molecule has 0 aromatic carbocycles. The number of carbonyl (C=O) groups excluding carboxylic acids is 4. The Balaban J connectivity index is 1.52. The average Bonchev–Trinajstić information content (AvgIpc) is 3.17. The van der Waals surface area contributed by atoms with Crippen molar-refractivity contribution >= 4 is 23.7 Å². The van der Waals surface area contributed by atoms with E-state index in [0.29, 0.717) is 43.7 Å². The van der Waals surface area contributed by atoms with E-state index in [1.54, 1.807) is 6.92 Å². The Morgan fingerprint density at radius 3 is 2.51 bits per heavy atom. The predicted molar refractivity (Wildman–Crippen MR) is 128 cm³/mol. The van der Waals surface area contributed by atoms with Crippen molar-refractivity contribution in [3.63, 3.8) is 0 Å². The highest BCUT2D eigenvalue weighted by Gasteiger charge is 2.66. The van der Waals surface area contributed by atoms with Crippen LogP contribution >= 0.6 is 0 Å². The third-order valence-electron chi connectivity index (χ3n) is 10.6. The molecule has 4 rings (SSSR count). The smallest absolute Gasteiger partial charge is 0.469 e. The van der Waals surface area contributed by atoms with Gasteiger partial charge in [0.2, 0.25) is 0 Å². The molecule has 0 aliphatic heterocycles. The fourth-order valence-corrected chi connectivity index (χ4v) is 8.60. The zero-order valence-corrected chi connectivity index (χ0v) is 22.0. The third kappa shape index (κ3) is 4.42. The lowest BCUT2D eigenvalue weighted by atomic mass is 9.43. The maximum absolute atomic E-state index is 13.9. The zero-order valence-electron chi connectivity index (χ0n) is 22.0. The van der Waals surface area contributed by atoms with Gasteiger partial charge in [-0.15, -0.1) is 0 Å². The van der Waals surface area contributed by atoms with Gasteiger partial charge < -0.3 is 14.2 Å². The number of Topliss-reactive ketones (excluding diaryl/α,β-unsaturated/α-hetero) is 2. The van der Waals surface area contributed by atoms with Gasteiger partial charge >= 0.3 is 12.1 Å². The van der Waals surface area contributed by atoms with Crippen molar-refractivity contribution in [1.29, 1.82) is 0 Å². The van der Waals surface area contributed by atoms with Gasteiger partial charge in [-0.2, -0.15) is 0 Å². The van der Waals surface area contributed by atoms with Crippen LogP contribution in [0.25, 0.3) is 0 Å². The first-order valence-electron chi connectivity index (χ1n) is 13.5. The molecule has 35 heavy (non-hydrogen) atoms. The lowest BCUT2D eigenvalue weighted by molar-refractivity contribution is -0.169. The van der Waals surface area contributed by atoms with Crippen LogP contribution in [0.4, 0.5) is 4.79 Å². The Morgan fingerprint density at radius 1 is 1.09 bits per heavy atom. The van der Waals surface area contributed by atoms with Gasteiger partial charge in [0, 0.05) is 30.6 Å². The summed E-state index contributed by atoms with van der Waals surface area (Å²) in [5, 5.41) is 0. The van der Waals surface area contributed by atoms with E-state index in [0.717, 1.165) is 25.7 Å². The SMILES string of the molecule is CCOC(=O)O[C@@H]1CC[C@@]2(C)[C@H](CC(=O)[C@@H]3[C@@H]2CC(=O)[C@]2(C)[C@@H]([C@H](C)CCC(=O)OC)CC[C@@H]32)C1. The Morgan fingerprint density at radius 2 is 1.83 bits per heavy atom. The summed E-state index contributed by atoms with van der Waals surface area (Å²) in [7, 11) is 1.41. The lowest BCUT2D eigenvalue weighted by Gasteiger charge is -2.59. The second-order valence-electron chi connectivity index (χ2n) is 12.0. The number of fused-ring (bicyclic) bond motifs is 5. The predicted octanol–water partition coefficient (Wildman–Crippen LogP) is 5.13. The second kappa shape index (κ2) is 9.85. The fourth-order valence-electron chi connectivity index (χ4n) is 8.60. The number of carbonyl (C=O) groups is 4. The van der Waals surface area contributed by atoms with Crippen molar-refractivity contribution in [3.8, 4) is 0 Å². The maximum Gasteiger partial charge on any atom is 0.508 e. The van der Waals surface area contributed by atoms with Gasteiger partial charge in [-0.05, 0) is 80.5 Å². The average molecular weight is 491 g/mol. The molecule has 9 atom stereocenters. The van der Waals surface area contributed by atoms with Gasteiger partial charge in [-0.1, -0.05) is 20.8 Å². The minimum Gasteiger partial charge on any atom is -0.469 e. The first kappa shape index (κ1) is 26.2. The minimum absolute atomic E-state index is 0.0620. The molecule has 4 aliphatic carbocycles. The number of esters is 1. The lowest BCUT2D eigenvalue weighted by Crippen LogP contribution is -2.60. The molecule has 0 aromatic heterocycles. The van der Waals surface area contributed by atoms with E-state index in [2.05, 4.69) is 20.8 Å². The first-order chi connectivity index (χ1) is 16.6. The molecule has 0 N–H and O–H groups in total. The fraction of sp³-hybridized carbons (Fsp3) is 0.857. The van der Waals surface area contributed by atoms with E-state index in [4.69, 9.17) is 14.2 Å². The van der Waals surface area contributed by atoms with Crippen LogP contribution in [0, 0.1) is 46.3 Å². The van der Waals surface area contributed by atoms with Gasteiger partial charge in [0.25, 0.3) is 0 Å². The highest BCUT2D eigenvalue weighted by Crippen LogP contribution is 2.66. The number of ether oxygens (including phenoxy) is 3. The Labute approximate surface area is 209 Å². The van der Waals surface area contributed by atoms with Crippen LogP contribution < -0.4 is 0 Å². The van der Waals surface area contributed by atoms with E-state index in [1.165, 1.54) is 7.11 Å². The number of hydrogen-bond donors (Lipinski definition) is 0. The summed E-state index contributed by atoms with van der Waals surface area (Å²) in [4.78, 5) is 51.1. The quantitative estimate of drug-likeness (QED) is 0.476. The second-order valence-corrected chi connectivity index (χ2v) is 12.0. The van der Waals surface area contributed by atoms with Crippen molar-refractivity contribution in [1.82, 2.24) is 0 Å². The molecule has 0 saturated heterocycles. The molecule has 0 heterocycles. The highest BCUT2D eigenvalue weighted by atomic mass is 16.7. The van der Waals surface area contributed by atoms with Crippen LogP contribution in [0.15, 0.2) is 0 Å². The number of hydrogen-bond acceptors (Lipinski definition) is 7. The van der Waals surface area contributed by atoms with Gasteiger partial charge in [0.1, 0.15) is 17.7 Å². The van der Waals surface area contributed by atoms with E-state index in [-0.39, 0.29) is 59.6 Å². The Bertz CT molecular complexity index is 867. The summed E-state index contributed by atoms with van der Waals surface area (Å²) in [6.45, 7) is 8.55. The van der Waals surface area contributed by atoms with E-state index in [1.807, 2.05) is 0 Å². The summed E-state index contributed by atoms with van der Waals surface area (Å²) < 4.78 is 15.3. The number of rotatable bonds is 6. The molecular formula is C28H42O7. The summed E-state index contributed by atoms with van der Waals surface area (Å²) in [5.41, 5.74) is -0.599. The monoisotopic (exact) mass is 490 g/mol. The molecule has 0 bridgehead atoms. The van der Waals surface area contributed by atoms with Crippen LogP contribution in [-0.4, -0.2) is 43.5 Å². The van der Waals surface area contributed by atoms with Crippen LogP contribution in [0.3, 0.4) is 0 Å². The molecule has 0 amide bonds. The van der Waals surface area contributed by atoms with Crippen LogP contribution in [0.5, 0.6) is 0 Å². The van der Waals surface area contributed by atoms with Crippen molar-refractivity contribution in [3.05, 3.63) is 0 Å². The van der Waals surface area contributed by atoms with Crippen LogP contribution in [0.2, 0.25) is 0 Å². The van der Waals surface area contributed by atoms with Crippen molar-refractivity contribution < 1.29 is 33.4 Å². The van der Waals surface area contributed by atoms with E-state index < -0.39 is 11.6 Å². The summed E-state index contributed by atoms with van der Waals surface area (Å²) in [5.74, 6) is 0.994. The standard InChI is InChI=1S/C28H42O7/c1-6-34-26(32)35-18-11-12-27(3)17(13-18)14-22(29)25-20-9-8-19(16(2)7-10-24(31)33-5)28(20,4)23(30)15-21(25)27/h16-21,25H,6-15H2,1-5H3/t16-,17+,18-,19-,20+,21+,25+,27+,28-/m1/s1. The van der Waals surface area contributed by atoms with Gasteiger partial charge in [-0.3, -0.25) is 14.4 Å². The molecule has 7 heteroatoms. The molecule has 0 unspecified atom stereocenters. The van der Waals surface area contributed by atoms with Gasteiger partial charge in [0.15, 0.2) is 0 Å². The van der Waals surface area contributed by atoms with Crippen molar-refractivity contribution in [2.75, 3.05) is 13.7 Å². The molecular weight excluding hydrogens is 448 g/mol. The van der Waals surface area contributed by atoms with Crippen molar-refractivity contribution in [2.45, 2.75) is 91.6 Å². The molecule has 4 saturated carbocycles. The summed E-state index contributed by atoms with van der Waals surface area (Å²) in [6, 6.07) is 0. The van der Waals surface area contributed by atoms with E-state index >= 15 is 0 Å². The zero-order chi connectivity index (χ0) is 25.5. The largest absolute Gasteiger partial charge is 0.508 e. The number of methoxy groups -OCH3 is 1. The normalized spacial score (nSPS) is 41.3. The molecule has 4 aliphatic rings. The molecule has 0 aromatic rings. The first-order valence-corrected chi connectivity index (χ1v) is 13.5. The van der Waals surface area contributed by atoms with Crippen molar-refractivity contribution in [2.24, 2.45) is 46.3 Å². The Kier molecular flexibility index (Phi) is 7.36. The maximum atomic E-state index is 13.9. The Hall–Kier alpha value is -1.92. The third-order valence-corrected chi connectivity index (χ3v) is 10.6. The summed E-state index contributed by atoms with van der Waals surface area (Å²) in [6.07, 6.45) is 5.25. The molecule has 0 spiro atoms.